The van der Waals surface area contributed by atoms with Gasteiger partial charge in [0, 0.05) is 43.0 Å². The van der Waals surface area contributed by atoms with Gasteiger partial charge in [0.2, 0.25) is 5.95 Å². The summed E-state index contributed by atoms with van der Waals surface area (Å²) in [5.74, 6) is 1.96. The molecule has 1 aliphatic rings. The SMILES string of the molecule is CS(=O)(=O)OCCc1cnc(NCC2CCC(Nc3ccc4ccnc(Cl)c4n3)CC2)nc1. The highest BCUT2D eigenvalue weighted by Crippen LogP contribution is 2.27. The standard InChI is InChI=1S/C22H27ClN6O3S/c1-33(30,31)32-11-9-16-13-26-22(27-14-16)25-12-15-2-5-18(6-3-15)28-19-7-4-17-8-10-24-21(23)20(17)29-19/h4,7-8,10,13-15,18H,2-3,5-6,9,11-12H2,1H3,(H,28,29)(H,25,26,27). The number of fused-ring (bicyclic) bond motifs is 1. The average molecular weight is 491 g/mol. The maximum Gasteiger partial charge on any atom is 0.264 e. The Bertz CT molecular complexity index is 1180. The number of anilines is 2. The quantitative estimate of drug-likeness (QED) is 0.342. The molecule has 1 saturated carbocycles. The number of aromatic nitrogens is 4. The molecule has 0 spiro atoms. The van der Waals surface area contributed by atoms with Crippen LogP contribution in [0.25, 0.3) is 10.9 Å². The number of rotatable bonds is 9. The Labute approximate surface area is 198 Å². The molecule has 3 heterocycles. The predicted octanol–water partition coefficient (Wildman–Crippen LogP) is 3.67. The average Bonchev–Trinajstić information content (AvgIpc) is 2.79. The van der Waals surface area contributed by atoms with Gasteiger partial charge in [-0.3, -0.25) is 4.18 Å². The van der Waals surface area contributed by atoms with Gasteiger partial charge in [0.25, 0.3) is 10.1 Å². The topological polar surface area (TPSA) is 119 Å². The van der Waals surface area contributed by atoms with Gasteiger partial charge in [-0.25, -0.2) is 19.9 Å². The van der Waals surface area contributed by atoms with Crippen LogP contribution in [0.15, 0.2) is 36.8 Å². The summed E-state index contributed by atoms with van der Waals surface area (Å²) in [4.78, 5) is 17.4. The lowest BCUT2D eigenvalue weighted by Crippen LogP contribution is -2.29. The number of hydrogen-bond acceptors (Lipinski definition) is 9. The number of halogens is 1. The van der Waals surface area contributed by atoms with E-state index in [4.69, 9.17) is 15.8 Å². The van der Waals surface area contributed by atoms with Crippen molar-refractivity contribution in [2.75, 3.05) is 30.0 Å². The Morgan fingerprint density at radius 2 is 1.85 bits per heavy atom. The Morgan fingerprint density at radius 3 is 2.58 bits per heavy atom. The summed E-state index contributed by atoms with van der Waals surface area (Å²) in [7, 11) is -3.42. The fraction of sp³-hybridized carbons (Fsp3) is 0.455. The highest BCUT2D eigenvalue weighted by atomic mass is 35.5. The smallest absolute Gasteiger partial charge is 0.264 e. The van der Waals surface area contributed by atoms with E-state index in [2.05, 4.69) is 30.6 Å². The zero-order chi connectivity index (χ0) is 23.3. The van der Waals surface area contributed by atoms with E-state index in [-0.39, 0.29) is 6.61 Å². The second-order valence-electron chi connectivity index (χ2n) is 8.30. The molecule has 1 fully saturated rings. The molecule has 0 unspecified atom stereocenters. The summed E-state index contributed by atoms with van der Waals surface area (Å²) < 4.78 is 26.8. The molecule has 176 valence electrons. The summed E-state index contributed by atoms with van der Waals surface area (Å²) in [5, 5.41) is 8.24. The molecular formula is C22H27ClN6O3S. The second-order valence-corrected chi connectivity index (χ2v) is 10.3. The van der Waals surface area contributed by atoms with Crippen LogP contribution in [0.5, 0.6) is 0 Å². The van der Waals surface area contributed by atoms with E-state index in [0.717, 1.165) is 60.8 Å². The van der Waals surface area contributed by atoms with E-state index in [1.807, 2.05) is 18.2 Å². The minimum Gasteiger partial charge on any atom is -0.367 e. The van der Waals surface area contributed by atoms with Crippen LogP contribution in [-0.4, -0.2) is 53.8 Å². The van der Waals surface area contributed by atoms with E-state index in [9.17, 15) is 8.42 Å². The molecule has 2 N–H and O–H groups in total. The number of hydrogen-bond donors (Lipinski definition) is 2. The molecule has 0 bridgehead atoms. The van der Waals surface area contributed by atoms with Crippen molar-refractivity contribution in [1.29, 1.82) is 0 Å². The Morgan fingerprint density at radius 1 is 1.09 bits per heavy atom. The highest BCUT2D eigenvalue weighted by Gasteiger charge is 2.21. The van der Waals surface area contributed by atoms with Crippen LogP contribution in [-0.2, 0) is 20.7 Å². The molecule has 0 aliphatic heterocycles. The van der Waals surface area contributed by atoms with Crippen LogP contribution in [0.2, 0.25) is 5.15 Å². The van der Waals surface area contributed by atoms with Crippen molar-refractivity contribution >= 4 is 44.4 Å². The first-order chi connectivity index (χ1) is 15.9. The van der Waals surface area contributed by atoms with Gasteiger partial charge in [0.05, 0.1) is 12.9 Å². The van der Waals surface area contributed by atoms with Crippen LogP contribution >= 0.6 is 11.6 Å². The second kappa shape index (κ2) is 10.6. The van der Waals surface area contributed by atoms with Crippen molar-refractivity contribution in [2.24, 2.45) is 5.92 Å². The maximum absolute atomic E-state index is 11.0. The third-order valence-electron chi connectivity index (χ3n) is 5.70. The Balaban J connectivity index is 1.20. The molecule has 0 radical (unpaired) electrons. The molecule has 1 aliphatic carbocycles. The molecule has 4 rings (SSSR count). The van der Waals surface area contributed by atoms with Crippen LogP contribution in [0.4, 0.5) is 11.8 Å². The van der Waals surface area contributed by atoms with E-state index >= 15 is 0 Å². The van der Waals surface area contributed by atoms with Crippen LogP contribution in [0.3, 0.4) is 0 Å². The first-order valence-electron chi connectivity index (χ1n) is 10.9. The highest BCUT2D eigenvalue weighted by molar-refractivity contribution is 7.85. The summed E-state index contributed by atoms with van der Waals surface area (Å²) in [6.07, 6.45) is 10.9. The van der Waals surface area contributed by atoms with Crippen molar-refractivity contribution in [3.8, 4) is 0 Å². The van der Waals surface area contributed by atoms with Gasteiger partial charge in [0.15, 0.2) is 5.15 Å². The summed E-state index contributed by atoms with van der Waals surface area (Å²) in [6, 6.07) is 6.28. The van der Waals surface area contributed by atoms with E-state index in [1.54, 1.807) is 18.6 Å². The van der Waals surface area contributed by atoms with Gasteiger partial charge in [0.1, 0.15) is 11.3 Å². The van der Waals surface area contributed by atoms with Crippen molar-refractivity contribution in [1.82, 2.24) is 19.9 Å². The molecule has 0 atom stereocenters. The summed E-state index contributed by atoms with van der Waals surface area (Å²) in [5.41, 5.74) is 1.55. The van der Waals surface area contributed by atoms with Gasteiger partial charge >= 0.3 is 0 Å². The lowest BCUT2D eigenvalue weighted by molar-refractivity contribution is 0.325. The van der Waals surface area contributed by atoms with E-state index < -0.39 is 10.1 Å². The molecule has 11 heteroatoms. The van der Waals surface area contributed by atoms with Gasteiger partial charge in [-0.1, -0.05) is 11.6 Å². The lowest BCUT2D eigenvalue weighted by atomic mass is 9.86. The van der Waals surface area contributed by atoms with Crippen LogP contribution in [0, 0.1) is 5.92 Å². The summed E-state index contributed by atoms with van der Waals surface area (Å²) >= 11 is 6.18. The minimum atomic E-state index is -3.42. The van der Waals surface area contributed by atoms with Gasteiger partial charge in [-0.2, -0.15) is 8.42 Å². The van der Waals surface area contributed by atoms with Gasteiger partial charge in [-0.15, -0.1) is 0 Å². The van der Waals surface area contributed by atoms with E-state index in [0.29, 0.717) is 29.5 Å². The minimum absolute atomic E-state index is 0.0882. The van der Waals surface area contributed by atoms with Crippen molar-refractivity contribution in [2.45, 2.75) is 38.1 Å². The van der Waals surface area contributed by atoms with Crippen molar-refractivity contribution in [3.05, 3.63) is 47.5 Å². The Kier molecular flexibility index (Phi) is 7.56. The Hall–Kier alpha value is -2.56. The van der Waals surface area contributed by atoms with Gasteiger partial charge < -0.3 is 10.6 Å². The largest absolute Gasteiger partial charge is 0.367 e. The number of nitrogens with zero attached hydrogens (tertiary/aromatic N) is 4. The first kappa shape index (κ1) is 23.6. The molecular weight excluding hydrogens is 464 g/mol. The molecule has 3 aromatic heterocycles. The fourth-order valence-electron chi connectivity index (χ4n) is 3.94. The van der Waals surface area contributed by atoms with Crippen molar-refractivity contribution < 1.29 is 12.6 Å². The molecule has 0 amide bonds. The predicted molar refractivity (Wildman–Crippen MR) is 129 cm³/mol. The number of pyridine rings is 2. The van der Waals surface area contributed by atoms with Crippen LogP contribution < -0.4 is 10.6 Å². The molecule has 0 saturated heterocycles. The zero-order valence-electron chi connectivity index (χ0n) is 18.4. The van der Waals surface area contributed by atoms with Gasteiger partial charge in [-0.05, 0) is 55.4 Å². The first-order valence-corrected chi connectivity index (χ1v) is 13.1. The normalized spacial score (nSPS) is 18.8. The molecule has 33 heavy (non-hydrogen) atoms. The molecule has 3 aromatic rings. The molecule has 0 aromatic carbocycles. The third kappa shape index (κ3) is 6.96. The van der Waals surface area contributed by atoms with Crippen LogP contribution in [0.1, 0.15) is 31.2 Å². The lowest BCUT2D eigenvalue weighted by Gasteiger charge is -2.29. The molecule has 9 nitrogen and oxygen atoms in total. The fourth-order valence-corrected chi connectivity index (χ4v) is 4.53. The zero-order valence-corrected chi connectivity index (χ0v) is 19.9. The maximum atomic E-state index is 11.0. The van der Waals surface area contributed by atoms with E-state index in [1.165, 1.54) is 0 Å². The number of nitrogens with one attached hydrogen (secondary N) is 2. The third-order valence-corrected chi connectivity index (χ3v) is 6.58. The van der Waals surface area contributed by atoms with Crippen molar-refractivity contribution in [3.63, 3.8) is 0 Å². The monoisotopic (exact) mass is 490 g/mol. The summed E-state index contributed by atoms with van der Waals surface area (Å²) in [6.45, 7) is 0.906.